The van der Waals surface area contributed by atoms with Crippen LogP contribution in [0.2, 0.25) is 5.02 Å². The molecule has 0 saturated carbocycles. The average molecular weight is 246 g/mol. The highest BCUT2D eigenvalue weighted by Crippen LogP contribution is 2.25. The zero-order chi connectivity index (χ0) is 11.1. The van der Waals surface area contributed by atoms with Crippen LogP contribution in [0.1, 0.15) is 26.7 Å². The lowest BCUT2D eigenvalue weighted by Crippen LogP contribution is -2.04. The second-order valence-electron chi connectivity index (χ2n) is 3.12. The maximum absolute atomic E-state index is 5.99. The smallest absolute Gasteiger partial charge is 0.223 e. The molecule has 0 bridgehead atoms. The van der Waals surface area contributed by atoms with Gasteiger partial charge in [0.25, 0.3) is 0 Å². The minimum Gasteiger partial charge on any atom is -0.354 e. The van der Waals surface area contributed by atoms with Crippen LogP contribution in [0.15, 0.2) is 11.2 Å². The molecule has 1 heterocycles. The van der Waals surface area contributed by atoms with E-state index in [2.05, 4.69) is 29.1 Å². The van der Waals surface area contributed by atoms with Gasteiger partial charge in [-0.1, -0.05) is 25.4 Å². The third-order valence-corrected chi connectivity index (χ3v) is 3.27. The Bertz CT molecular complexity index is 307. The van der Waals surface area contributed by atoms with Crippen LogP contribution in [-0.4, -0.2) is 22.3 Å². The van der Waals surface area contributed by atoms with Crippen LogP contribution < -0.4 is 5.32 Å². The second kappa shape index (κ2) is 6.90. The largest absolute Gasteiger partial charge is 0.354 e. The Kier molecular flexibility index (Phi) is 5.79. The van der Waals surface area contributed by atoms with Crippen molar-refractivity contribution >= 4 is 29.3 Å². The molecular formula is C10H16ClN3S. The Morgan fingerprint density at radius 2 is 2.20 bits per heavy atom. The van der Waals surface area contributed by atoms with Gasteiger partial charge >= 0.3 is 0 Å². The van der Waals surface area contributed by atoms with E-state index in [0.29, 0.717) is 11.0 Å². The van der Waals surface area contributed by atoms with Crippen LogP contribution in [0.25, 0.3) is 0 Å². The van der Waals surface area contributed by atoms with Gasteiger partial charge < -0.3 is 5.32 Å². The number of thioether (sulfide) groups is 1. The predicted molar refractivity (Wildman–Crippen MR) is 66.8 cm³/mol. The molecule has 0 aromatic carbocycles. The van der Waals surface area contributed by atoms with Gasteiger partial charge in [0.2, 0.25) is 5.95 Å². The Morgan fingerprint density at radius 1 is 1.40 bits per heavy atom. The summed E-state index contributed by atoms with van der Waals surface area (Å²) in [7, 11) is 0. The molecule has 15 heavy (non-hydrogen) atoms. The first-order chi connectivity index (χ1) is 7.27. The van der Waals surface area contributed by atoms with Crippen LogP contribution in [0, 0.1) is 0 Å². The molecule has 0 aliphatic rings. The number of nitrogens with zero attached hydrogens (tertiary/aromatic N) is 2. The number of hydrogen-bond donors (Lipinski definition) is 1. The van der Waals surface area contributed by atoms with Crippen molar-refractivity contribution in [1.82, 2.24) is 9.97 Å². The van der Waals surface area contributed by atoms with Gasteiger partial charge in [0, 0.05) is 6.54 Å². The number of halogens is 1. The molecule has 0 aliphatic heterocycles. The van der Waals surface area contributed by atoms with Crippen molar-refractivity contribution in [3.05, 3.63) is 11.2 Å². The van der Waals surface area contributed by atoms with Gasteiger partial charge in [-0.2, -0.15) is 0 Å². The van der Waals surface area contributed by atoms with Gasteiger partial charge in [-0.15, -0.1) is 11.8 Å². The fourth-order valence-electron chi connectivity index (χ4n) is 0.973. The Balaban J connectivity index is 2.66. The van der Waals surface area contributed by atoms with Gasteiger partial charge in [-0.25, -0.2) is 9.97 Å². The highest BCUT2D eigenvalue weighted by molar-refractivity contribution is 7.99. The monoisotopic (exact) mass is 245 g/mol. The maximum Gasteiger partial charge on any atom is 0.223 e. The van der Waals surface area contributed by atoms with E-state index < -0.39 is 0 Å². The van der Waals surface area contributed by atoms with E-state index in [1.54, 1.807) is 18.0 Å². The van der Waals surface area contributed by atoms with Crippen LogP contribution in [0.5, 0.6) is 0 Å². The van der Waals surface area contributed by atoms with Crippen molar-refractivity contribution in [2.75, 3.05) is 17.6 Å². The van der Waals surface area contributed by atoms with Crippen molar-refractivity contribution in [1.29, 1.82) is 0 Å². The molecule has 1 aromatic rings. The molecule has 0 amide bonds. The molecule has 3 nitrogen and oxygen atoms in total. The van der Waals surface area contributed by atoms with Crippen LogP contribution in [-0.2, 0) is 0 Å². The molecule has 1 N–H and O–H groups in total. The zero-order valence-corrected chi connectivity index (χ0v) is 10.7. The van der Waals surface area contributed by atoms with E-state index in [-0.39, 0.29) is 0 Å². The summed E-state index contributed by atoms with van der Waals surface area (Å²) in [6, 6.07) is 0. The Morgan fingerprint density at radius 3 is 2.87 bits per heavy atom. The zero-order valence-electron chi connectivity index (χ0n) is 9.09. The van der Waals surface area contributed by atoms with E-state index in [4.69, 9.17) is 11.6 Å². The van der Waals surface area contributed by atoms with Crippen molar-refractivity contribution < 1.29 is 0 Å². The molecule has 0 saturated heterocycles. The van der Waals surface area contributed by atoms with Gasteiger partial charge in [0.05, 0.1) is 11.2 Å². The number of anilines is 1. The summed E-state index contributed by atoms with van der Waals surface area (Å²) in [6.07, 6.45) is 3.83. The summed E-state index contributed by atoms with van der Waals surface area (Å²) in [5.41, 5.74) is 0. The van der Waals surface area contributed by atoms with Crippen molar-refractivity contribution in [2.45, 2.75) is 31.7 Å². The first-order valence-electron chi connectivity index (χ1n) is 5.17. The van der Waals surface area contributed by atoms with Gasteiger partial charge in [0.1, 0.15) is 5.03 Å². The van der Waals surface area contributed by atoms with E-state index >= 15 is 0 Å². The van der Waals surface area contributed by atoms with Crippen LogP contribution in [0.4, 0.5) is 5.95 Å². The maximum atomic E-state index is 5.99. The number of hydrogen-bond acceptors (Lipinski definition) is 4. The summed E-state index contributed by atoms with van der Waals surface area (Å²) in [5.74, 6) is 1.70. The van der Waals surface area contributed by atoms with Crippen molar-refractivity contribution in [3.63, 3.8) is 0 Å². The average Bonchev–Trinajstić information content (AvgIpc) is 2.26. The minimum absolute atomic E-state index is 0.635. The van der Waals surface area contributed by atoms with E-state index in [1.165, 1.54) is 0 Å². The second-order valence-corrected chi connectivity index (χ2v) is 4.61. The normalized spacial score (nSPS) is 10.3. The lowest BCUT2D eigenvalue weighted by Gasteiger charge is -2.06. The van der Waals surface area contributed by atoms with Gasteiger partial charge in [-0.05, 0) is 18.6 Å². The lowest BCUT2D eigenvalue weighted by atomic mass is 10.5. The molecule has 1 aromatic heterocycles. The first kappa shape index (κ1) is 12.6. The number of rotatable bonds is 6. The fraction of sp³-hybridized carbons (Fsp3) is 0.600. The molecule has 5 heteroatoms. The Labute approximate surface area is 100 Å². The minimum atomic E-state index is 0.635. The third-order valence-electron chi connectivity index (χ3n) is 1.69. The molecule has 0 atom stereocenters. The summed E-state index contributed by atoms with van der Waals surface area (Å²) in [6.45, 7) is 5.13. The first-order valence-corrected chi connectivity index (χ1v) is 6.53. The highest BCUT2D eigenvalue weighted by Gasteiger charge is 2.04. The summed E-state index contributed by atoms with van der Waals surface area (Å²) < 4.78 is 0. The molecule has 0 radical (unpaired) electrons. The summed E-state index contributed by atoms with van der Waals surface area (Å²) in [5, 5.41) is 4.65. The lowest BCUT2D eigenvalue weighted by molar-refractivity contribution is 0.934. The standard InChI is InChI=1S/C10H16ClN3S/c1-3-5-12-10-13-7-8(11)9(14-10)15-6-4-2/h7H,3-6H2,1-2H3,(H,12,13,14). The van der Waals surface area contributed by atoms with Crippen LogP contribution in [0.3, 0.4) is 0 Å². The van der Waals surface area contributed by atoms with E-state index in [9.17, 15) is 0 Å². The molecular weight excluding hydrogens is 230 g/mol. The summed E-state index contributed by atoms with van der Waals surface area (Å²) >= 11 is 7.66. The number of aromatic nitrogens is 2. The van der Waals surface area contributed by atoms with Crippen molar-refractivity contribution in [3.8, 4) is 0 Å². The SMILES string of the molecule is CCCNc1ncc(Cl)c(SCCC)n1. The fourth-order valence-corrected chi connectivity index (χ4v) is 1.97. The summed E-state index contributed by atoms with van der Waals surface area (Å²) in [4.78, 5) is 8.47. The van der Waals surface area contributed by atoms with Gasteiger partial charge in [-0.3, -0.25) is 0 Å². The number of nitrogens with one attached hydrogen (secondary N) is 1. The quantitative estimate of drug-likeness (QED) is 0.615. The highest BCUT2D eigenvalue weighted by atomic mass is 35.5. The van der Waals surface area contributed by atoms with E-state index in [0.717, 1.165) is 30.2 Å². The predicted octanol–water partition coefficient (Wildman–Crippen LogP) is 3.45. The third kappa shape index (κ3) is 4.26. The molecule has 0 spiro atoms. The topological polar surface area (TPSA) is 37.8 Å². The van der Waals surface area contributed by atoms with Crippen molar-refractivity contribution in [2.24, 2.45) is 0 Å². The molecule has 1 rings (SSSR count). The molecule has 0 fully saturated rings. The molecule has 0 unspecified atom stereocenters. The molecule has 0 aliphatic carbocycles. The van der Waals surface area contributed by atoms with Gasteiger partial charge in [0.15, 0.2) is 0 Å². The van der Waals surface area contributed by atoms with E-state index in [1.807, 2.05) is 0 Å². The molecule has 84 valence electrons. The van der Waals surface area contributed by atoms with Crippen LogP contribution >= 0.6 is 23.4 Å². The Hall–Kier alpha value is -0.480.